The molecule has 0 radical (unpaired) electrons. The zero-order valence-corrected chi connectivity index (χ0v) is 15.4. The normalized spacial score (nSPS) is 27.1. The van der Waals surface area contributed by atoms with Gasteiger partial charge in [-0.3, -0.25) is 0 Å². The van der Waals surface area contributed by atoms with Crippen molar-refractivity contribution in [1.82, 2.24) is 10.2 Å². The highest BCUT2D eigenvalue weighted by molar-refractivity contribution is 5.68. The van der Waals surface area contributed by atoms with Crippen LogP contribution in [0.15, 0.2) is 24.3 Å². The van der Waals surface area contributed by atoms with Crippen LogP contribution in [0, 0.1) is 0 Å². The Bertz CT molecular complexity index is 623. The van der Waals surface area contributed by atoms with Crippen molar-refractivity contribution >= 4 is 6.09 Å². The molecule has 2 aliphatic rings. The van der Waals surface area contributed by atoms with Crippen LogP contribution in [0.4, 0.5) is 4.79 Å². The standard InChI is InChI=1S/C19H28N2O4/c1-13(22)14-5-7-15(8-6-14)24-16-11-19(16)12-21(10-9-20-19)17(23)25-18(2,3)4/h5-8,13,16,20,22H,9-12H2,1-4H3. The maximum absolute atomic E-state index is 12.3. The number of rotatable bonds is 3. The molecule has 3 rings (SSSR count). The number of amides is 1. The van der Waals surface area contributed by atoms with Gasteiger partial charge >= 0.3 is 6.09 Å². The molecule has 0 bridgehead atoms. The molecule has 2 fully saturated rings. The Labute approximate surface area is 149 Å². The summed E-state index contributed by atoms with van der Waals surface area (Å²) in [4.78, 5) is 14.1. The second-order valence-electron chi connectivity index (χ2n) is 8.04. The van der Waals surface area contributed by atoms with Crippen LogP contribution < -0.4 is 10.1 Å². The second-order valence-corrected chi connectivity index (χ2v) is 8.04. The Morgan fingerprint density at radius 1 is 1.36 bits per heavy atom. The maximum atomic E-state index is 12.3. The van der Waals surface area contributed by atoms with E-state index in [9.17, 15) is 9.90 Å². The van der Waals surface area contributed by atoms with E-state index in [0.717, 1.165) is 24.3 Å². The summed E-state index contributed by atoms with van der Waals surface area (Å²) >= 11 is 0. The van der Waals surface area contributed by atoms with E-state index in [1.807, 2.05) is 45.0 Å². The smallest absolute Gasteiger partial charge is 0.410 e. The van der Waals surface area contributed by atoms with Gasteiger partial charge in [0.25, 0.3) is 0 Å². The van der Waals surface area contributed by atoms with Gasteiger partial charge in [-0.2, -0.15) is 0 Å². The van der Waals surface area contributed by atoms with Gasteiger partial charge in [0.05, 0.1) is 11.6 Å². The molecule has 2 N–H and O–H groups in total. The number of hydrogen-bond acceptors (Lipinski definition) is 5. The highest BCUT2D eigenvalue weighted by Crippen LogP contribution is 2.42. The van der Waals surface area contributed by atoms with Crippen LogP contribution in [0.3, 0.4) is 0 Å². The second kappa shape index (κ2) is 6.50. The minimum Gasteiger partial charge on any atom is -0.488 e. The van der Waals surface area contributed by atoms with E-state index >= 15 is 0 Å². The number of hydrogen-bond donors (Lipinski definition) is 2. The van der Waals surface area contributed by atoms with Crippen LogP contribution in [0.2, 0.25) is 0 Å². The first-order chi connectivity index (χ1) is 11.7. The Hall–Kier alpha value is -1.79. The highest BCUT2D eigenvalue weighted by Gasteiger charge is 2.59. The third-order valence-corrected chi connectivity index (χ3v) is 4.63. The van der Waals surface area contributed by atoms with Gasteiger partial charge in [-0.05, 0) is 45.4 Å². The van der Waals surface area contributed by atoms with E-state index in [1.54, 1.807) is 11.8 Å². The number of aliphatic hydroxyl groups is 1. The molecule has 1 amide bonds. The zero-order valence-electron chi connectivity index (χ0n) is 15.4. The molecule has 1 spiro atoms. The van der Waals surface area contributed by atoms with Gasteiger partial charge < -0.3 is 24.8 Å². The average Bonchev–Trinajstić information content (AvgIpc) is 3.17. The molecule has 25 heavy (non-hydrogen) atoms. The fourth-order valence-corrected chi connectivity index (χ4v) is 3.17. The maximum Gasteiger partial charge on any atom is 0.410 e. The summed E-state index contributed by atoms with van der Waals surface area (Å²) in [6.45, 7) is 9.35. The van der Waals surface area contributed by atoms with Crippen LogP contribution >= 0.6 is 0 Å². The molecule has 1 aromatic carbocycles. The number of carbonyl (C=O) groups is 1. The average molecular weight is 348 g/mol. The van der Waals surface area contributed by atoms with Crippen molar-refractivity contribution < 1.29 is 19.4 Å². The molecule has 3 unspecified atom stereocenters. The molecule has 1 heterocycles. The van der Waals surface area contributed by atoms with Crippen molar-refractivity contribution in [3.05, 3.63) is 29.8 Å². The molecule has 1 aromatic rings. The van der Waals surface area contributed by atoms with Gasteiger partial charge in [0.2, 0.25) is 0 Å². The monoisotopic (exact) mass is 348 g/mol. The van der Waals surface area contributed by atoms with E-state index in [2.05, 4.69) is 5.32 Å². The molecular formula is C19H28N2O4. The van der Waals surface area contributed by atoms with Crippen molar-refractivity contribution in [2.24, 2.45) is 0 Å². The highest BCUT2D eigenvalue weighted by atomic mass is 16.6. The van der Waals surface area contributed by atoms with Gasteiger partial charge in [0.15, 0.2) is 0 Å². The third kappa shape index (κ3) is 4.25. The largest absolute Gasteiger partial charge is 0.488 e. The van der Waals surface area contributed by atoms with Crippen molar-refractivity contribution in [3.63, 3.8) is 0 Å². The lowest BCUT2D eigenvalue weighted by atomic mass is 10.1. The lowest BCUT2D eigenvalue weighted by molar-refractivity contribution is 0.0166. The number of nitrogens with zero attached hydrogens (tertiary/aromatic N) is 1. The summed E-state index contributed by atoms with van der Waals surface area (Å²) < 4.78 is 11.5. The van der Waals surface area contributed by atoms with E-state index in [-0.39, 0.29) is 17.7 Å². The van der Waals surface area contributed by atoms with Crippen LogP contribution in [0.25, 0.3) is 0 Å². The van der Waals surface area contributed by atoms with Crippen LogP contribution in [-0.2, 0) is 4.74 Å². The van der Waals surface area contributed by atoms with Crippen molar-refractivity contribution in [1.29, 1.82) is 0 Å². The van der Waals surface area contributed by atoms with Gasteiger partial charge in [-0.25, -0.2) is 4.79 Å². The van der Waals surface area contributed by atoms with Gasteiger partial charge in [0.1, 0.15) is 17.5 Å². The molecular weight excluding hydrogens is 320 g/mol. The fraction of sp³-hybridized carbons (Fsp3) is 0.632. The Kier molecular flexibility index (Phi) is 4.68. The predicted molar refractivity (Wildman–Crippen MR) is 94.6 cm³/mol. The Balaban J connectivity index is 1.58. The predicted octanol–water partition coefficient (Wildman–Crippen LogP) is 2.47. The summed E-state index contributed by atoms with van der Waals surface area (Å²) in [5.41, 5.74) is 0.197. The molecule has 1 aliphatic heterocycles. The van der Waals surface area contributed by atoms with Crippen LogP contribution in [0.5, 0.6) is 5.75 Å². The van der Waals surface area contributed by atoms with Gasteiger partial charge in [-0.1, -0.05) is 12.1 Å². The minimum atomic E-state index is -0.486. The summed E-state index contributed by atoms with van der Waals surface area (Å²) in [5, 5.41) is 13.1. The van der Waals surface area contributed by atoms with E-state index in [1.165, 1.54) is 0 Å². The van der Waals surface area contributed by atoms with Crippen molar-refractivity contribution in [2.75, 3.05) is 19.6 Å². The summed E-state index contributed by atoms with van der Waals surface area (Å²) in [6.07, 6.45) is 0.156. The first-order valence-electron chi connectivity index (χ1n) is 8.86. The van der Waals surface area contributed by atoms with Gasteiger partial charge in [0, 0.05) is 26.1 Å². The number of aliphatic hydroxyl groups excluding tert-OH is 1. The lowest BCUT2D eigenvalue weighted by Crippen LogP contribution is -2.57. The number of benzene rings is 1. The molecule has 1 saturated heterocycles. The Morgan fingerprint density at radius 2 is 2.04 bits per heavy atom. The van der Waals surface area contributed by atoms with E-state index in [0.29, 0.717) is 13.1 Å². The fourth-order valence-electron chi connectivity index (χ4n) is 3.17. The van der Waals surface area contributed by atoms with Crippen LogP contribution in [-0.4, -0.2) is 53.0 Å². The molecule has 6 nitrogen and oxygen atoms in total. The quantitative estimate of drug-likeness (QED) is 0.878. The molecule has 0 aromatic heterocycles. The lowest BCUT2D eigenvalue weighted by Gasteiger charge is -2.35. The molecule has 138 valence electrons. The molecule has 3 atom stereocenters. The zero-order chi connectivity index (χ0) is 18.2. The van der Waals surface area contributed by atoms with Crippen LogP contribution in [0.1, 0.15) is 45.8 Å². The van der Waals surface area contributed by atoms with Gasteiger partial charge in [-0.15, -0.1) is 0 Å². The topological polar surface area (TPSA) is 71.0 Å². The number of piperazine rings is 1. The number of carbonyl (C=O) groups excluding carboxylic acids is 1. The third-order valence-electron chi connectivity index (χ3n) is 4.63. The first kappa shape index (κ1) is 18.0. The molecule has 6 heteroatoms. The number of ether oxygens (including phenoxy) is 2. The Morgan fingerprint density at radius 3 is 2.64 bits per heavy atom. The molecule has 1 saturated carbocycles. The van der Waals surface area contributed by atoms with Crippen molar-refractivity contribution in [3.8, 4) is 5.75 Å². The van der Waals surface area contributed by atoms with E-state index < -0.39 is 11.7 Å². The first-order valence-corrected chi connectivity index (χ1v) is 8.86. The SMILES string of the molecule is CC(O)c1ccc(OC2CC23CN(C(=O)OC(C)(C)C)CCN3)cc1. The summed E-state index contributed by atoms with van der Waals surface area (Å²) in [7, 11) is 0. The minimum absolute atomic E-state index is 0.0372. The molecule has 1 aliphatic carbocycles. The summed E-state index contributed by atoms with van der Waals surface area (Å²) in [6, 6.07) is 7.50. The van der Waals surface area contributed by atoms with E-state index in [4.69, 9.17) is 9.47 Å². The van der Waals surface area contributed by atoms with Crippen molar-refractivity contribution in [2.45, 2.75) is 57.5 Å². The summed E-state index contributed by atoms with van der Waals surface area (Å²) in [5.74, 6) is 0.780. The number of nitrogens with one attached hydrogen (secondary N) is 1.